The van der Waals surface area contributed by atoms with Gasteiger partial charge in [0, 0.05) is 12.8 Å². The summed E-state index contributed by atoms with van der Waals surface area (Å²) in [6.07, 6.45) is 38.7. The third kappa shape index (κ3) is 36.2. The fourth-order valence-electron chi connectivity index (χ4n) is 5.18. The average molecular weight is 770 g/mol. The highest BCUT2D eigenvalue weighted by Gasteiger charge is 2.28. The maximum Gasteiger partial charge on any atom is 0.472 e. The lowest BCUT2D eigenvalue weighted by Crippen LogP contribution is -2.43. The van der Waals surface area contributed by atoms with Crippen molar-refractivity contribution in [2.45, 2.75) is 174 Å². The molecule has 1 amide bonds. The summed E-state index contributed by atoms with van der Waals surface area (Å²) in [6.45, 7) is 2.49. The lowest BCUT2D eigenvalue weighted by Gasteiger charge is -2.18. The normalized spacial score (nSPS) is 14.3. The molecule has 3 unspecified atom stereocenters. The largest absolute Gasteiger partial charge is 0.480 e. The van der Waals surface area contributed by atoms with Crippen LogP contribution in [0, 0.1) is 0 Å². The number of aliphatic hydroxyl groups excluding tert-OH is 1. The minimum atomic E-state index is -4.75. The second-order valence-electron chi connectivity index (χ2n) is 13.5. The first-order valence-electron chi connectivity index (χ1n) is 20.2. The molecule has 12 heteroatoms. The van der Waals surface area contributed by atoms with E-state index in [-0.39, 0.29) is 12.8 Å². The van der Waals surface area contributed by atoms with Crippen LogP contribution in [0.1, 0.15) is 162 Å². The van der Waals surface area contributed by atoms with Crippen molar-refractivity contribution in [3.63, 3.8) is 0 Å². The van der Waals surface area contributed by atoms with Gasteiger partial charge in [-0.2, -0.15) is 0 Å². The first-order valence-corrected chi connectivity index (χ1v) is 21.7. The van der Waals surface area contributed by atoms with Gasteiger partial charge in [-0.25, -0.2) is 9.36 Å². The van der Waals surface area contributed by atoms with E-state index in [4.69, 9.17) is 13.8 Å². The Morgan fingerprint density at radius 2 is 1.04 bits per heavy atom. The molecule has 11 nitrogen and oxygen atoms in total. The van der Waals surface area contributed by atoms with Crippen molar-refractivity contribution in [3.8, 4) is 0 Å². The maximum absolute atomic E-state index is 12.3. The van der Waals surface area contributed by atoms with Gasteiger partial charge in [-0.1, -0.05) is 140 Å². The Kier molecular flexibility index (Phi) is 34.7. The third-order valence-corrected chi connectivity index (χ3v) is 9.32. The molecule has 0 heterocycles. The smallest absolute Gasteiger partial charge is 0.472 e. The van der Waals surface area contributed by atoms with E-state index in [9.17, 15) is 34.1 Å². The lowest BCUT2D eigenvalue weighted by atomic mass is 10.1. The van der Waals surface area contributed by atoms with Gasteiger partial charge in [0.05, 0.1) is 13.2 Å². The number of unbranched alkanes of at least 4 members (excludes halogenated alkanes) is 15. The second kappa shape index (κ2) is 36.4. The number of amides is 1. The van der Waals surface area contributed by atoms with Gasteiger partial charge < -0.3 is 25.2 Å². The van der Waals surface area contributed by atoms with Crippen molar-refractivity contribution >= 4 is 25.7 Å². The van der Waals surface area contributed by atoms with Crippen LogP contribution in [-0.4, -0.2) is 64.9 Å². The Morgan fingerprint density at radius 1 is 0.604 bits per heavy atom. The van der Waals surface area contributed by atoms with Crippen LogP contribution in [0.4, 0.5) is 0 Å². The van der Waals surface area contributed by atoms with Gasteiger partial charge >= 0.3 is 19.8 Å². The minimum absolute atomic E-state index is 0.123. The zero-order valence-corrected chi connectivity index (χ0v) is 33.7. The molecule has 0 rings (SSSR count). The molecule has 0 fully saturated rings. The molecule has 0 aromatic carbocycles. The Hall–Kier alpha value is -2.56. The van der Waals surface area contributed by atoms with Crippen LogP contribution < -0.4 is 5.32 Å². The van der Waals surface area contributed by atoms with Crippen molar-refractivity contribution in [1.82, 2.24) is 5.32 Å². The number of allylic oxidation sites excluding steroid dienone is 8. The second-order valence-corrected chi connectivity index (χ2v) is 14.9. The average Bonchev–Trinajstić information content (AvgIpc) is 3.13. The van der Waals surface area contributed by atoms with E-state index in [1.165, 1.54) is 51.4 Å². The number of phosphoric ester groups is 1. The van der Waals surface area contributed by atoms with Crippen molar-refractivity contribution in [2.24, 2.45) is 0 Å². The molecule has 0 aliphatic heterocycles. The summed E-state index contributed by atoms with van der Waals surface area (Å²) in [5, 5.41) is 21.7. The van der Waals surface area contributed by atoms with Gasteiger partial charge in [0.2, 0.25) is 5.91 Å². The van der Waals surface area contributed by atoms with Crippen LogP contribution in [-0.2, 0) is 32.7 Å². The lowest BCUT2D eigenvalue weighted by molar-refractivity contribution is -0.147. The highest BCUT2D eigenvalue weighted by Crippen LogP contribution is 2.43. The highest BCUT2D eigenvalue weighted by molar-refractivity contribution is 7.47. The number of rotatable bonds is 37. The van der Waals surface area contributed by atoms with E-state index in [1.807, 2.05) is 0 Å². The van der Waals surface area contributed by atoms with Crippen LogP contribution in [0.25, 0.3) is 0 Å². The zero-order chi connectivity index (χ0) is 39.3. The molecule has 3 atom stereocenters. The Balaban J connectivity index is 3.98. The molecule has 0 bridgehead atoms. The molecule has 0 saturated heterocycles. The monoisotopic (exact) mass is 769 g/mol. The van der Waals surface area contributed by atoms with Gasteiger partial charge in [-0.15, -0.1) is 0 Å². The molecule has 0 saturated carbocycles. The Labute approximate surface area is 320 Å². The highest BCUT2D eigenvalue weighted by atomic mass is 31.2. The fourth-order valence-corrected chi connectivity index (χ4v) is 5.95. The van der Waals surface area contributed by atoms with E-state index >= 15 is 0 Å². The van der Waals surface area contributed by atoms with Crippen molar-refractivity contribution < 1.29 is 47.8 Å². The van der Waals surface area contributed by atoms with Gasteiger partial charge in [0.15, 0.2) is 6.04 Å². The summed E-state index contributed by atoms with van der Waals surface area (Å²) in [5.41, 5.74) is 0. The summed E-state index contributed by atoms with van der Waals surface area (Å²) in [5.74, 6) is -2.41. The Bertz CT molecular complexity index is 1090. The predicted octanol–water partition coefficient (Wildman–Crippen LogP) is 9.83. The van der Waals surface area contributed by atoms with E-state index in [1.54, 1.807) is 0 Å². The number of aliphatic hydroxyl groups is 1. The molecule has 0 radical (unpaired) electrons. The maximum atomic E-state index is 12.3. The number of carboxylic acids is 1. The summed E-state index contributed by atoms with van der Waals surface area (Å²) < 4.78 is 26.7. The van der Waals surface area contributed by atoms with Crippen molar-refractivity contribution in [1.29, 1.82) is 0 Å². The number of aliphatic carboxylic acids is 1. The van der Waals surface area contributed by atoms with Crippen molar-refractivity contribution in [2.75, 3.05) is 19.8 Å². The third-order valence-electron chi connectivity index (χ3n) is 8.37. The first kappa shape index (κ1) is 50.4. The predicted molar refractivity (Wildman–Crippen MR) is 212 cm³/mol. The summed E-state index contributed by atoms with van der Waals surface area (Å²) in [7, 11) is -4.75. The molecule has 4 N–H and O–H groups in total. The SMILES string of the molecule is CCCCC/C=C\C/C=C\C/C=C\C/C=C\CCCCCCCC(=O)NC(COP(=O)(O)OCC(O)COC(=O)CCCCCCCCCC)C(=O)O. The quantitative estimate of drug-likeness (QED) is 0.0207. The number of ether oxygens (including phenoxy) is 1. The van der Waals surface area contributed by atoms with Crippen LogP contribution in [0.15, 0.2) is 48.6 Å². The fraction of sp³-hybridized carbons (Fsp3) is 0.732. The topological polar surface area (TPSA) is 169 Å². The van der Waals surface area contributed by atoms with E-state index in [0.717, 1.165) is 70.6 Å². The molecule has 0 aromatic rings. The number of nitrogens with one attached hydrogen (secondary N) is 1. The number of hydrogen-bond acceptors (Lipinski definition) is 8. The van der Waals surface area contributed by atoms with Crippen LogP contribution >= 0.6 is 7.82 Å². The molecule has 0 aliphatic carbocycles. The standard InChI is InChI=1S/C41H72NO10P/c1-3-5-7-9-11-13-14-15-16-17-18-19-20-21-22-23-24-25-26-28-30-32-39(44)42-38(41(46)47)36-52-53(48,49)51-35-37(43)34-50-40(45)33-31-29-27-12-10-8-6-4-2/h11,13,15-16,18-19,21-22,37-38,43H,3-10,12,14,17,20,23-36H2,1-2H3,(H,42,44)(H,46,47)(H,48,49)/b13-11-,16-15-,19-18-,22-21-. The summed E-state index contributed by atoms with van der Waals surface area (Å²) >= 11 is 0. The zero-order valence-electron chi connectivity index (χ0n) is 32.8. The number of carbonyl (C=O) groups is 3. The summed E-state index contributed by atoms with van der Waals surface area (Å²) in [4.78, 5) is 45.7. The van der Waals surface area contributed by atoms with Crippen molar-refractivity contribution in [3.05, 3.63) is 48.6 Å². The van der Waals surface area contributed by atoms with Crippen LogP contribution in [0.2, 0.25) is 0 Å². The van der Waals surface area contributed by atoms with E-state index in [2.05, 4.69) is 67.8 Å². The number of hydrogen-bond donors (Lipinski definition) is 4. The van der Waals surface area contributed by atoms with E-state index < -0.39 is 57.6 Å². The molecule has 53 heavy (non-hydrogen) atoms. The molecule has 0 aliphatic rings. The molecular formula is C41H72NO10P. The summed E-state index contributed by atoms with van der Waals surface area (Å²) in [6, 6.07) is -1.56. The number of carbonyl (C=O) groups excluding carboxylic acids is 2. The number of phosphoric acid groups is 1. The van der Waals surface area contributed by atoms with Gasteiger partial charge in [0.1, 0.15) is 12.7 Å². The molecule has 0 spiro atoms. The van der Waals surface area contributed by atoms with Gasteiger partial charge in [-0.3, -0.25) is 18.6 Å². The van der Waals surface area contributed by atoms with Crippen LogP contribution in [0.5, 0.6) is 0 Å². The minimum Gasteiger partial charge on any atom is -0.480 e. The van der Waals surface area contributed by atoms with Crippen LogP contribution in [0.3, 0.4) is 0 Å². The molecule has 0 aromatic heterocycles. The molecule has 306 valence electrons. The van der Waals surface area contributed by atoms with Gasteiger partial charge in [-0.05, 0) is 57.8 Å². The number of carboxylic acid groups (broad SMARTS) is 1. The van der Waals surface area contributed by atoms with Gasteiger partial charge in [0.25, 0.3) is 0 Å². The number of esters is 1. The Morgan fingerprint density at radius 3 is 1.58 bits per heavy atom. The van der Waals surface area contributed by atoms with E-state index in [0.29, 0.717) is 12.8 Å². The first-order chi connectivity index (χ1) is 25.6. The molecular weight excluding hydrogens is 697 g/mol.